The number of hydrogen-bond donors (Lipinski definition) is 3. The van der Waals surface area contributed by atoms with E-state index in [0.29, 0.717) is 170 Å². The summed E-state index contributed by atoms with van der Waals surface area (Å²) < 4.78 is 98.7. The van der Waals surface area contributed by atoms with Crippen LogP contribution in [-0.4, -0.2) is 199 Å². The Morgan fingerprint density at radius 1 is 0.807 bits per heavy atom. The van der Waals surface area contributed by atoms with Crippen molar-refractivity contribution in [2.45, 2.75) is 71.8 Å². The number of carbonyl (C=O) groups is 1. The van der Waals surface area contributed by atoms with Crippen LogP contribution in [-0.2, 0) is 58.5 Å². The Morgan fingerprint density at radius 2 is 1.37 bits per heavy atom. The Bertz CT molecular complexity index is 2400. The zero-order chi connectivity index (χ0) is 61.0. The number of anilines is 1. The van der Waals surface area contributed by atoms with Gasteiger partial charge >= 0.3 is 0 Å². The first-order valence-electron chi connectivity index (χ1n) is 26.8. The molecule has 2 aromatic heterocycles. The zero-order valence-electron chi connectivity index (χ0n) is 48.1. The minimum absolute atomic E-state index is 0.110. The number of ether oxygens (including phenoxy) is 10. The predicted octanol–water partition coefficient (Wildman–Crippen LogP) is 9.43. The lowest BCUT2D eigenvalue weighted by molar-refractivity contribution is -0.109. The normalized spacial score (nSPS) is 14.5. The van der Waals surface area contributed by atoms with Gasteiger partial charge in [0.25, 0.3) is 0 Å². The van der Waals surface area contributed by atoms with E-state index in [0.717, 1.165) is 43.6 Å². The molecule has 0 amide bonds. The predicted molar refractivity (Wildman–Crippen MR) is 318 cm³/mol. The molecule has 83 heavy (non-hydrogen) atoms. The Balaban J connectivity index is 0.000000890. The maximum atomic E-state index is 12.5. The van der Waals surface area contributed by atoms with E-state index >= 15 is 0 Å². The molecule has 5 rings (SSSR count). The number of fused-ring (bicyclic) bond motifs is 1. The van der Waals surface area contributed by atoms with Gasteiger partial charge in [0.15, 0.2) is 37.6 Å². The SMILES string of the molecule is CCC.CCC1CCC(n2ncc3c(N(CCOCCOCCOCCOC/C(C=NCCOCCOCCOCCOCCC=O)=N/N)Cc4ccc(Cl)c(Cl)c4)nc(Cl)nc32)O1.COP(C)CP(O)O.COc1c(F)cc(F)cc1F. The summed E-state index contributed by atoms with van der Waals surface area (Å²) in [6.07, 6.45) is 8.53. The van der Waals surface area contributed by atoms with Crippen LogP contribution >= 0.6 is 51.3 Å². The van der Waals surface area contributed by atoms with Gasteiger partial charge in [0.05, 0.1) is 153 Å². The number of aromatic nitrogens is 4. The van der Waals surface area contributed by atoms with Crippen molar-refractivity contribution in [3.8, 4) is 5.75 Å². The van der Waals surface area contributed by atoms with Gasteiger partial charge in [-0.2, -0.15) is 20.2 Å². The zero-order valence-corrected chi connectivity index (χ0v) is 52.2. The molecule has 4 N–H and O–H groups in total. The molecule has 1 aliphatic rings. The van der Waals surface area contributed by atoms with E-state index in [1.54, 1.807) is 30.3 Å². The van der Waals surface area contributed by atoms with Crippen LogP contribution in [0.4, 0.5) is 19.0 Å². The lowest BCUT2D eigenvalue weighted by atomic mass is 10.2. The van der Waals surface area contributed by atoms with Crippen molar-refractivity contribution in [1.82, 2.24) is 19.7 Å². The summed E-state index contributed by atoms with van der Waals surface area (Å²) in [5.74, 6) is 2.90. The second-order valence-electron chi connectivity index (χ2n) is 17.4. The summed E-state index contributed by atoms with van der Waals surface area (Å²) in [6.45, 7) is 16.2. The van der Waals surface area contributed by atoms with E-state index in [9.17, 15) is 18.0 Å². The van der Waals surface area contributed by atoms with Crippen molar-refractivity contribution in [2.24, 2.45) is 15.9 Å². The van der Waals surface area contributed by atoms with Crippen LogP contribution in [0.5, 0.6) is 5.75 Å². The molecular formula is C53H82Cl3F3N8O14P2. The number of aldehydes is 1. The highest BCUT2D eigenvalue weighted by molar-refractivity contribution is 7.66. The van der Waals surface area contributed by atoms with Crippen LogP contribution in [0.3, 0.4) is 0 Å². The summed E-state index contributed by atoms with van der Waals surface area (Å²) in [4.78, 5) is 42.5. The van der Waals surface area contributed by atoms with Crippen LogP contribution in [0.25, 0.3) is 11.0 Å². The molecule has 4 aromatic rings. The number of nitrogens with zero attached hydrogens (tertiary/aromatic N) is 7. The lowest BCUT2D eigenvalue weighted by Crippen LogP contribution is -2.29. The molecule has 0 saturated carbocycles. The van der Waals surface area contributed by atoms with E-state index in [2.05, 4.69) is 55.6 Å². The number of hydrogen-bond acceptors (Lipinski definition) is 21. The fraction of sp³-hybridized carbons (Fsp3) is 0.623. The third-order valence-electron chi connectivity index (χ3n) is 10.8. The van der Waals surface area contributed by atoms with Crippen molar-refractivity contribution >= 4 is 86.4 Å². The molecule has 3 atom stereocenters. The van der Waals surface area contributed by atoms with Crippen LogP contribution in [0.15, 0.2) is 46.6 Å². The van der Waals surface area contributed by atoms with Gasteiger partial charge in [0.2, 0.25) is 5.28 Å². The second kappa shape index (κ2) is 47.6. The van der Waals surface area contributed by atoms with E-state index in [-0.39, 0.29) is 24.2 Å². The molecule has 1 aliphatic heterocycles. The first-order chi connectivity index (χ1) is 40.2. The maximum absolute atomic E-state index is 12.5. The maximum Gasteiger partial charge on any atom is 0.226 e. The van der Waals surface area contributed by atoms with Crippen LogP contribution in [0.2, 0.25) is 15.3 Å². The minimum atomic E-state index is -1.74. The molecule has 22 nitrogen and oxygen atoms in total. The van der Waals surface area contributed by atoms with Crippen LogP contribution in [0.1, 0.15) is 64.7 Å². The third kappa shape index (κ3) is 33.2. The number of hydrazone groups is 1. The molecule has 3 unspecified atom stereocenters. The fourth-order valence-electron chi connectivity index (χ4n) is 6.88. The van der Waals surface area contributed by atoms with Gasteiger partial charge in [0, 0.05) is 53.1 Å². The highest BCUT2D eigenvalue weighted by Crippen LogP contribution is 2.43. The summed E-state index contributed by atoms with van der Waals surface area (Å²) >= 11 is 19.1. The first-order valence-corrected chi connectivity index (χ1v) is 31.3. The van der Waals surface area contributed by atoms with Crippen molar-refractivity contribution in [3.63, 3.8) is 0 Å². The fourth-order valence-corrected chi connectivity index (χ4v) is 9.25. The molecular weight excluding hydrogens is 1200 g/mol. The first kappa shape index (κ1) is 75.5. The Kier molecular flexibility index (Phi) is 43.3. The number of methoxy groups -OCH3 is 1. The Labute approximate surface area is 502 Å². The highest BCUT2D eigenvalue weighted by Gasteiger charge is 2.29. The smallest absolute Gasteiger partial charge is 0.226 e. The number of benzene rings is 2. The second-order valence-corrected chi connectivity index (χ2v) is 22.0. The number of aliphatic imine (C=N–C) groups is 1. The molecule has 0 spiro atoms. The molecule has 0 radical (unpaired) electrons. The molecule has 0 bridgehead atoms. The number of halogens is 6. The van der Waals surface area contributed by atoms with Gasteiger partial charge in [-0.05, 0) is 55.2 Å². The quantitative estimate of drug-likeness (QED) is 0.00715. The topological polar surface area (TPSA) is 257 Å². The lowest BCUT2D eigenvalue weighted by Gasteiger charge is -2.25. The van der Waals surface area contributed by atoms with E-state index < -0.39 is 39.7 Å². The van der Waals surface area contributed by atoms with Crippen LogP contribution < -0.4 is 15.5 Å². The van der Waals surface area contributed by atoms with Gasteiger partial charge in [-0.3, -0.25) is 4.99 Å². The van der Waals surface area contributed by atoms with Crippen LogP contribution in [0, 0.1) is 17.5 Å². The molecule has 0 aliphatic carbocycles. The van der Waals surface area contributed by atoms with Crippen molar-refractivity contribution < 1.29 is 79.6 Å². The Hall–Kier alpha value is -3.56. The van der Waals surface area contributed by atoms with Crippen molar-refractivity contribution in [1.29, 1.82) is 0 Å². The molecule has 1 fully saturated rings. The van der Waals surface area contributed by atoms with Gasteiger partial charge in [0.1, 0.15) is 23.6 Å². The summed E-state index contributed by atoms with van der Waals surface area (Å²) in [7, 11) is 0.354. The molecule has 470 valence electrons. The molecule has 2 aromatic carbocycles. The Morgan fingerprint density at radius 3 is 1.88 bits per heavy atom. The van der Waals surface area contributed by atoms with E-state index in [4.69, 9.17) is 97.6 Å². The monoisotopic (exact) mass is 1280 g/mol. The summed E-state index contributed by atoms with van der Waals surface area (Å²) in [5, 5.41) is 10.2. The number of carbonyl (C=O) groups excluding carboxylic acids is 1. The average Bonchev–Trinajstić information content (AvgIpc) is 4.32. The van der Waals surface area contributed by atoms with Crippen molar-refractivity contribution in [3.05, 3.63) is 74.9 Å². The van der Waals surface area contributed by atoms with Gasteiger partial charge in [-0.25, -0.2) is 17.9 Å². The standard InChI is InChI=1S/C40H59Cl3N8O10.C7H5F3O.C3H10O3P2.C3H8/c1-2-33-5-7-37(61-33)51-39-34(28-46-51)38(47-40(43)48-39)50(29-31-4-6-35(41)36(42)26-31)9-13-55-16-19-58-22-23-59-24-25-60-30-32(49-44)27-45-8-12-54-15-18-57-21-20-56-17-14-53-11-3-10-52;1-11-7-5(9)2-4(8)3-6(7)10;1-6-7(2)3-8(4)5;1-3-2/h4,6,10,26-28,33,37H,2-3,5,7-9,11-25,29-30,44H2,1H3;2-3H,1H3;4-5H,3H2,1-2H3;3H2,1-2H3/b45-27?,49-32+;;;. The van der Waals surface area contributed by atoms with Crippen molar-refractivity contribution in [2.75, 3.05) is 150 Å². The number of nitrogens with two attached hydrogens (primary N) is 1. The highest BCUT2D eigenvalue weighted by atomic mass is 35.5. The molecule has 1 saturated heterocycles. The van der Waals surface area contributed by atoms with E-state index in [1.165, 1.54) is 6.42 Å². The summed E-state index contributed by atoms with van der Waals surface area (Å²) in [6, 6.07) is 6.65. The summed E-state index contributed by atoms with van der Waals surface area (Å²) in [5.41, 5.74) is 2.05. The minimum Gasteiger partial charge on any atom is -0.491 e. The van der Waals surface area contributed by atoms with E-state index in [1.807, 2.05) is 18.8 Å². The molecule has 3 heterocycles. The van der Waals surface area contributed by atoms with Gasteiger partial charge in [-0.1, -0.05) is 56.5 Å². The van der Waals surface area contributed by atoms with Gasteiger partial charge < -0.3 is 77.2 Å². The van der Waals surface area contributed by atoms with Gasteiger partial charge in [-0.15, -0.1) is 0 Å². The number of rotatable bonds is 39. The largest absolute Gasteiger partial charge is 0.491 e. The molecule has 30 heteroatoms. The average molecular weight is 1280 g/mol. The third-order valence-corrected chi connectivity index (χ3v) is 15.0.